The summed E-state index contributed by atoms with van der Waals surface area (Å²) in [6, 6.07) is 0.763. The Balaban J connectivity index is 1.69. The van der Waals surface area contributed by atoms with Gasteiger partial charge in [-0.1, -0.05) is 0 Å². The smallest absolute Gasteiger partial charge is 0.255 e. The first-order valence-electron chi connectivity index (χ1n) is 13.3. The fourth-order valence-electron chi connectivity index (χ4n) is 6.87. The van der Waals surface area contributed by atoms with Crippen LogP contribution in [0.25, 0.3) is 5.76 Å². The van der Waals surface area contributed by atoms with Crippen LogP contribution in [0, 0.1) is 11.8 Å². The molecule has 0 radical (unpaired) electrons. The van der Waals surface area contributed by atoms with E-state index in [1.807, 2.05) is 25.1 Å². The molecule has 4 atom stereocenters. The Morgan fingerprint density at radius 3 is 2.38 bits per heavy atom. The van der Waals surface area contributed by atoms with Crippen LogP contribution in [0.2, 0.25) is 0 Å². The summed E-state index contributed by atoms with van der Waals surface area (Å²) >= 11 is 0. The molecule has 1 amide bonds. The molecule has 1 saturated heterocycles. The van der Waals surface area contributed by atoms with Crippen molar-refractivity contribution in [1.29, 1.82) is 0 Å². The van der Waals surface area contributed by atoms with E-state index in [9.17, 15) is 34.8 Å². The Kier molecular flexibility index (Phi) is 6.94. The first-order chi connectivity index (χ1) is 18.8. The number of phenolic OH excluding ortho intramolecular Hbond substituents is 1. The SMILES string of the molecule is CN(C)c1cc(CN2CCOCC2)c(O)c2c1C[C@H]1C[C@H]3C(N(C)C)C(=O)C(C(N)=O)=C(O)[C@@]3(O)C(=O)C1=C2O. The molecule has 0 bridgehead atoms. The van der Waals surface area contributed by atoms with Crippen molar-refractivity contribution < 1.29 is 39.5 Å². The highest BCUT2D eigenvalue weighted by Crippen LogP contribution is 2.54. The van der Waals surface area contributed by atoms with E-state index in [-0.39, 0.29) is 29.7 Å². The zero-order valence-corrected chi connectivity index (χ0v) is 23.1. The number of ether oxygens (including phenoxy) is 1. The summed E-state index contributed by atoms with van der Waals surface area (Å²) in [6.45, 7) is 2.88. The van der Waals surface area contributed by atoms with Gasteiger partial charge in [0, 0.05) is 56.5 Å². The third-order valence-corrected chi connectivity index (χ3v) is 8.76. The molecule has 40 heavy (non-hydrogen) atoms. The summed E-state index contributed by atoms with van der Waals surface area (Å²) < 4.78 is 5.42. The quantitative estimate of drug-likeness (QED) is 0.305. The predicted molar refractivity (Wildman–Crippen MR) is 145 cm³/mol. The molecule has 1 aromatic rings. The fourth-order valence-corrected chi connectivity index (χ4v) is 6.87. The van der Waals surface area contributed by atoms with E-state index in [1.165, 1.54) is 4.90 Å². The number of hydrogen-bond donors (Lipinski definition) is 5. The number of rotatable bonds is 5. The van der Waals surface area contributed by atoms with Crippen LogP contribution in [0.3, 0.4) is 0 Å². The maximum Gasteiger partial charge on any atom is 0.255 e. The summed E-state index contributed by atoms with van der Waals surface area (Å²) in [7, 11) is 6.85. The van der Waals surface area contributed by atoms with E-state index in [0.29, 0.717) is 44.0 Å². The third-order valence-electron chi connectivity index (χ3n) is 8.76. The highest BCUT2D eigenvalue weighted by atomic mass is 16.5. The van der Waals surface area contributed by atoms with Crippen LogP contribution in [0.15, 0.2) is 23.0 Å². The van der Waals surface area contributed by atoms with Gasteiger partial charge < -0.3 is 35.8 Å². The van der Waals surface area contributed by atoms with Gasteiger partial charge in [0.15, 0.2) is 11.4 Å². The summed E-state index contributed by atoms with van der Waals surface area (Å²) in [4.78, 5) is 44.9. The van der Waals surface area contributed by atoms with Crippen molar-refractivity contribution in [3.05, 3.63) is 39.7 Å². The molecule has 2 fully saturated rings. The van der Waals surface area contributed by atoms with E-state index in [0.717, 1.165) is 5.69 Å². The van der Waals surface area contributed by atoms with Crippen molar-refractivity contribution in [1.82, 2.24) is 9.80 Å². The maximum absolute atomic E-state index is 14.1. The maximum atomic E-state index is 14.1. The molecule has 0 aromatic heterocycles. The van der Waals surface area contributed by atoms with Gasteiger partial charge in [0.25, 0.3) is 5.91 Å². The van der Waals surface area contributed by atoms with E-state index in [4.69, 9.17) is 10.5 Å². The molecule has 1 aromatic carbocycles. The van der Waals surface area contributed by atoms with Crippen molar-refractivity contribution in [3.8, 4) is 5.75 Å². The number of nitrogens with two attached hydrogens (primary N) is 1. The molecule has 1 unspecified atom stereocenters. The second-order valence-electron chi connectivity index (χ2n) is 11.5. The molecule has 1 aliphatic heterocycles. The lowest BCUT2D eigenvalue weighted by atomic mass is 9.57. The molecular weight excluding hydrogens is 520 g/mol. The van der Waals surface area contributed by atoms with Gasteiger partial charge in [-0.05, 0) is 44.5 Å². The second-order valence-corrected chi connectivity index (χ2v) is 11.5. The zero-order valence-electron chi connectivity index (χ0n) is 23.1. The number of ketones is 2. The minimum Gasteiger partial charge on any atom is -0.508 e. The molecule has 1 heterocycles. The number of likely N-dealkylation sites (N-methyl/N-ethyl adjacent to an activating group) is 1. The van der Waals surface area contributed by atoms with Crippen molar-refractivity contribution in [2.75, 3.05) is 59.4 Å². The molecule has 6 N–H and O–H groups in total. The average molecular weight is 557 g/mol. The first-order valence-corrected chi connectivity index (χ1v) is 13.3. The molecule has 12 heteroatoms. The number of amides is 1. The largest absolute Gasteiger partial charge is 0.508 e. The van der Waals surface area contributed by atoms with Crippen LogP contribution < -0.4 is 10.6 Å². The van der Waals surface area contributed by atoms with Gasteiger partial charge in [-0.25, -0.2) is 0 Å². The number of carbonyl (C=O) groups is 3. The number of morpholine rings is 1. The number of anilines is 1. The fraction of sp³-hybridized carbons (Fsp3) is 0.536. The number of aliphatic hydroxyl groups excluding tert-OH is 2. The normalized spacial score (nSPS) is 28.9. The number of aliphatic hydroxyl groups is 3. The molecule has 1 saturated carbocycles. The van der Waals surface area contributed by atoms with Crippen LogP contribution in [-0.4, -0.2) is 114 Å². The van der Waals surface area contributed by atoms with Gasteiger partial charge in [0.1, 0.15) is 22.8 Å². The molecule has 5 rings (SSSR count). The van der Waals surface area contributed by atoms with Crippen LogP contribution in [0.4, 0.5) is 5.69 Å². The second kappa shape index (κ2) is 9.88. The Hall–Kier alpha value is -3.45. The molecule has 3 aliphatic carbocycles. The van der Waals surface area contributed by atoms with Crippen LogP contribution >= 0.6 is 0 Å². The van der Waals surface area contributed by atoms with E-state index >= 15 is 0 Å². The van der Waals surface area contributed by atoms with Crippen LogP contribution in [0.5, 0.6) is 5.75 Å². The molecule has 216 valence electrons. The number of nitrogens with zero attached hydrogens (tertiary/aromatic N) is 3. The van der Waals surface area contributed by atoms with Gasteiger partial charge in [-0.2, -0.15) is 0 Å². The standard InChI is InChI=1S/C28H36N4O8/c1-30(2)17-11-14(12-32-5-7-40-8-6-32)22(33)19-15(17)9-13-10-16-21(31(3)4)24(35)20(27(29)38)26(37)28(16,39)25(36)18(13)23(19)34/h11,13,16,21,33-34,37,39H,5-10,12H2,1-4H3,(H2,29,38)/t13-,16-,21?,28-/m0/s1. The summed E-state index contributed by atoms with van der Waals surface area (Å²) in [6.07, 6.45) is 0.294. The van der Waals surface area contributed by atoms with Gasteiger partial charge in [0.05, 0.1) is 24.8 Å². The topological polar surface area (TPSA) is 177 Å². The molecular formula is C28H36N4O8. The van der Waals surface area contributed by atoms with Crippen molar-refractivity contribution in [2.24, 2.45) is 17.6 Å². The van der Waals surface area contributed by atoms with Gasteiger partial charge in [0.2, 0.25) is 5.78 Å². The van der Waals surface area contributed by atoms with Crippen LogP contribution in [0.1, 0.15) is 23.1 Å². The van der Waals surface area contributed by atoms with Crippen molar-refractivity contribution in [2.45, 2.75) is 31.0 Å². The molecule has 4 aliphatic rings. The number of benzene rings is 1. The highest BCUT2D eigenvalue weighted by molar-refractivity contribution is 6.24. The number of aromatic hydroxyl groups is 1. The van der Waals surface area contributed by atoms with E-state index < -0.39 is 58.0 Å². The lowest BCUT2D eigenvalue weighted by molar-refractivity contribution is -0.153. The summed E-state index contributed by atoms with van der Waals surface area (Å²) in [5, 5.41) is 45.8. The van der Waals surface area contributed by atoms with Crippen molar-refractivity contribution in [3.63, 3.8) is 0 Å². The Morgan fingerprint density at radius 1 is 1.15 bits per heavy atom. The minimum atomic E-state index is -2.66. The highest BCUT2D eigenvalue weighted by Gasteiger charge is 2.64. The first kappa shape index (κ1) is 28.1. The van der Waals surface area contributed by atoms with Gasteiger partial charge in [-0.3, -0.25) is 24.2 Å². The number of fused-ring (bicyclic) bond motifs is 3. The molecule has 0 spiro atoms. The van der Waals surface area contributed by atoms with E-state index in [2.05, 4.69) is 4.90 Å². The lowest BCUT2D eigenvalue weighted by Crippen LogP contribution is -2.65. The molecule has 12 nitrogen and oxygen atoms in total. The van der Waals surface area contributed by atoms with E-state index in [1.54, 1.807) is 14.1 Å². The lowest BCUT2D eigenvalue weighted by Gasteiger charge is -2.50. The van der Waals surface area contributed by atoms with Crippen molar-refractivity contribution >= 4 is 28.9 Å². The summed E-state index contributed by atoms with van der Waals surface area (Å²) in [5.41, 5.74) is 3.81. The number of primary amides is 1. The monoisotopic (exact) mass is 556 g/mol. The Morgan fingerprint density at radius 2 is 1.80 bits per heavy atom. The van der Waals surface area contributed by atoms with Gasteiger partial charge in [-0.15, -0.1) is 0 Å². The Bertz CT molecular complexity index is 1360. The number of Topliss-reactive ketones (excluding diaryl/α,β-unsaturated/α-hetero) is 2. The number of hydrogen-bond acceptors (Lipinski definition) is 11. The summed E-state index contributed by atoms with van der Waals surface area (Å²) in [5.74, 6) is -6.52. The Labute approximate surface area is 231 Å². The minimum absolute atomic E-state index is 0.0505. The predicted octanol–water partition coefficient (Wildman–Crippen LogP) is -0.138. The number of carbonyl (C=O) groups excluding carboxylic acids is 3. The zero-order chi connectivity index (χ0) is 29.3. The van der Waals surface area contributed by atoms with Crippen LogP contribution in [-0.2, 0) is 32.1 Å². The third kappa shape index (κ3) is 4.00. The number of phenols is 1. The van der Waals surface area contributed by atoms with Gasteiger partial charge >= 0.3 is 0 Å². The average Bonchev–Trinajstić information content (AvgIpc) is 2.87.